The van der Waals surface area contributed by atoms with Crippen molar-refractivity contribution in [2.75, 3.05) is 13.2 Å². The van der Waals surface area contributed by atoms with Gasteiger partial charge in [-0.3, -0.25) is 9.11 Å². The van der Waals surface area contributed by atoms with Gasteiger partial charge in [0.1, 0.15) is 42.7 Å². The van der Waals surface area contributed by atoms with Crippen LogP contribution in [0.4, 0.5) is 0 Å². The summed E-state index contributed by atoms with van der Waals surface area (Å²) in [6.07, 6.45) is -13.4. The van der Waals surface area contributed by atoms with Crippen molar-refractivity contribution < 1.29 is 69.1 Å². The van der Waals surface area contributed by atoms with Crippen molar-refractivity contribution in [3.05, 3.63) is 35.9 Å². The third kappa shape index (κ3) is 6.99. The number of aliphatic hydroxyl groups is 3. The SMILES string of the molecule is O=S(=O)(O)N[C@H]1[C@@H](O[C@H]2[C@H](OCc3ccccc3)[C@@H](OS(=O)(=O)O)[C@@H]3OC[C@H]2O3)O[C@H](CO)[C@@H](O)[C@@H]1O. The van der Waals surface area contributed by atoms with Gasteiger partial charge in [0.25, 0.3) is 0 Å². The Labute approximate surface area is 211 Å². The lowest BCUT2D eigenvalue weighted by atomic mass is 9.96. The molecule has 3 aliphatic rings. The Kier molecular flexibility index (Phi) is 8.83. The number of aliphatic hydroxyl groups excluding tert-OH is 3. The highest BCUT2D eigenvalue weighted by Crippen LogP contribution is 2.36. The van der Waals surface area contributed by atoms with Gasteiger partial charge in [-0.15, -0.1) is 0 Å². The molecule has 4 rings (SSSR count). The van der Waals surface area contributed by atoms with Crippen molar-refractivity contribution in [2.45, 2.75) is 68.0 Å². The van der Waals surface area contributed by atoms with Crippen LogP contribution in [0.25, 0.3) is 0 Å². The summed E-state index contributed by atoms with van der Waals surface area (Å²) in [7, 11) is -9.99. The predicted molar refractivity (Wildman–Crippen MR) is 117 cm³/mol. The molecule has 1 aromatic carbocycles. The zero-order valence-corrected chi connectivity index (χ0v) is 20.5. The predicted octanol–water partition coefficient (Wildman–Crippen LogP) is -2.90. The summed E-state index contributed by atoms with van der Waals surface area (Å²) in [6.45, 7) is -1.05. The summed E-state index contributed by atoms with van der Waals surface area (Å²) in [4.78, 5) is 0. The van der Waals surface area contributed by atoms with Crippen LogP contribution in [0.5, 0.6) is 0 Å². The standard InChI is InChI=1S/C19H27NO15S2/c21-6-10-13(22)14(23)12(20-36(24,25)26)18(32-10)34-15-11-8-31-19(33-11)17(35-37(27,28)29)16(15)30-7-9-4-2-1-3-5-9/h1-5,10-23H,6-8H2,(H,24,25,26)(H,27,28,29)/t10-,11-,12-,13-,14-,15-,16+,17-,18-,19-/m1/s1. The molecular formula is C19H27NO15S2. The Balaban J connectivity index is 1.64. The summed E-state index contributed by atoms with van der Waals surface area (Å²) < 4.78 is 99.5. The Bertz CT molecular complexity index is 1120. The molecule has 37 heavy (non-hydrogen) atoms. The Morgan fingerprint density at radius 1 is 0.973 bits per heavy atom. The molecule has 3 heterocycles. The molecule has 3 fully saturated rings. The van der Waals surface area contributed by atoms with E-state index in [-0.39, 0.29) is 13.2 Å². The number of rotatable bonds is 10. The van der Waals surface area contributed by atoms with Crippen LogP contribution in [0.1, 0.15) is 5.56 Å². The first kappa shape index (κ1) is 28.6. The van der Waals surface area contributed by atoms with Crippen molar-refractivity contribution in [2.24, 2.45) is 0 Å². The van der Waals surface area contributed by atoms with E-state index in [9.17, 15) is 41.3 Å². The van der Waals surface area contributed by atoms with Gasteiger partial charge in [0.15, 0.2) is 18.7 Å². The molecule has 1 aromatic rings. The van der Waals surface area contributed by atoms with E-state index in [2.05, 4.69) is 0 Å². The summed E-state index contributed by atoms with van der Waals surface area (Å²) in [5, 5.41) is 30.2. The fourth-order valence-electron chi connectivity index (χ4n) is 4.35. The Hall–Kier alpha value is -1.36. The number of ether oxygens (including phenoxy) is 5. The molecule has 0 spiro atoms. The van der Waals surface area contributed by atoms with Gasteiger partial charge in [0.05, 0.1) is 19.8 Å². The van der Waals surface area contributed by atoms with Crippen molar-refractivity contribution in [1.29, 1.82) is 0 Å². The average molecular weight is 574 g/mol. The highest BCUT2D eigenvalue weighted by atomic mass is 32.3. The van der Waals surface area contributed by atoms with E-state index in [1.807, 2.05) is 0 Å². The number of benzene rings is 1. The first-order valence-electron chi connectivity index (χ1n) is 11.0. The number of hydrogen-bond donors (Lipinski definition) is 6. The van der Waals surface area contributed by atoms with Crippen molar-refractivity contribution in [1.82, 2.24) is 4.72 Å². The van der Waals surface area contributed by atoms with Crippen LogP contribution in [0.3, 0.4) is 0 Å². The molecule has 0 radical (unpaired) electrons. The molecule has 10 atom stereocenters. The first-order chi connectivity index (χ1) is 17.4. The number of nitrogens with one attached hydrogen (secondary N) is 1. The maximum Gasteiger partial charge on any atom is 0.397 e. The molecule has 3 aliphatic heterocycles. The van der Waals surface area contributed by atoms with E-state index < -0.39 is 88.7 Å². The van der Waals surface area contributed by atoms with Crippen LogP contribution < -0.4 is 4.72 Å². The van der Waals surface area contributed by atoms with Crippen LogP contribution >= 0.6 is 0 Å². The normalized spacial score (nSPS) is 38.5. The summed E-state index contributed by atoms with van der Waals surface area (Å²) in [6, 6.07) is 6.89. The molecule has 0 saturated carbocycles. The van der Waals surface area contributed by atoms with Crippen LogP contribution in [0.2, 0.25) is 0 Å². The Morgan fingerprint density at radius 3 is 2.30 bits per heavy atom. The molecule has 0 aromatic heterocycles. The van der Waals surface area contributed by atoms with E-state index in [0.29, 0.717) is 5.56 Å². The molecule has 210 valence electrons. The minimum atomic E-state index is -5.04. The Morgan fingerprint density at radius 2 is 1.68 bits per heavy atom. The van der Waals surface area contributed by atoms with Crippen LogP contribution in [-0.4, -0.2) is 116 Å². The van der Waals surface area contributed by atoms with Gasteiger partial charge in [-0.2, -0.15) is 21.6 Å². The minimum absolute atomic E-state index is 0.0883. The van der Waals surface area contributed by atoms with E-state index in [1.54, 1.807) is 35.1 Å². The van der Waals surface area contributed by atoms with Gasteiger partial charge in [0, 0.05) is 0 Å². The van der Waals surface area contributed by atoms with E-state index in [0.717, 1.165) is 0 Å². The van der Waals surface area contributed by atoms with Gasteiger partial charge in [0.2, 0.25) is 0 Å². The lowest BCUT2D eigenvalue weighted by molar-refractivity contribution is -0.319. The zero-order chi connectivity index (χ0) is 27.0. The molecular weight excluding hydrogens is 546 g/mol. The van der Waals surface area contributed by atoms with Gasteiger partial charge in [-0.1, -0.05) is 30.3 Å². The average Bonchev–Trinajstić information content (AvgIpc) is 3.26. The van der Waals surface area contributed by atoms with Gasteiger partial charge >= 0.3 is 20.7 Å². The molecule has 16 nitrogen and oxygen atoms in total. The van der Waals surface area contributed by atoms with Crippen molar-refractivity contribution in [3.8, 4) is 0 Å². The molecule has 2 bridgehead atoms. The summed E-state index contributed by atoms with van der Waals surface area (Å²) in [5.41, 5.74) is 0.672. The highest BCUT2D eigenvalue weighted by Gasteiger charge is 2.57. The molecule has 0 amide bonds. The van der Waals surface area contributed by atoms with Crippen LogP contribution in [-0.2, 0) is 55.2 Å². The second-order valence-electron chi connectivity index (χ2n) is 8.55. The van der Waals surface area contributed by atoms with Crippen molar-refractivity contribution >= 4 is 20.7 Å². The summed E-state index contributed by atoms with van der Waals surface area (Å²) in [5.74, 6) is 0. The molecule has 0 unspecified atom stereocenters. The molecule has 6 N–H and O–H groups in total. The third-order valence-corrected chi connectivity index (χ3v) is 7.03. The molecule has 18 heteroatoms. The maximum absolute atomic E-state index is 11.6. The highest BCUT2D eigenvalue weighted by molar-refractivity contribution is 7.83. The fourth-order valence-corrected chi connectivity index (χ4v) is 5.43. The quantitative estimate of drug-likeness (QED) is 0.154. The lowest BCUT2D eigenvalue weighted by Crippen LogP contribution is -2.67. The van der Waals surface area contributed by atoms with Crippen molar-refractivity contribution in [3.63, 3.8) is 0 Å². The fraction of sp³-hybridized carbons (Fsp3) is 0.684. The van der Waals surface area contributed by atoms with Crippen LogP contribution in [0.15, 0.2) is 30.3 Å². The molecule has 3 saturated heterocycles. The second kappa shape index (κ2) is 11.4. The number of fused-ring (bicyclic) bond motifs is 2. The minimum Gasteiger partial charge on any atom is -0.394 e. The summed E-state index contributed by atoms with van der Waals surface area (Å²) >= 11 is 0. The van der Waals surface area contributed by atoms with E-state index >= 15 is 0 Å². The monoisotopic (exact) mass is 573 g/mol. The van der Waals surface area contributed by atoms with Gasteiger partial charge in [-0.05, 0) is 5.56 Å². The van der Waals surface area contributed by atoms with E-state index in [4.69, 9.17) is 27.9 Å². The smallest absolute Gasteiger partial charge is 0.394 e. The second-order valence-corrected chi connectivity index (χ2v) is 10.8. The number of hydrogen-bond acceptors (Lipinski definition) is 13. The third-order valence-electron chi connectivity index (χ3n) is 5.99. The topological polar surface area (TPSA) is 237 Å². The lowest BCUT2D eigenvalue weighted by Gasteiger charge is -2.46. The van der Waals surface area contributed by atoms with Gasteiger partial charge < -0.3 is 39.0 Å². The maximum atomic E-state index is 11.6. The van der Waals surface area contributed by atoms with E-state index in [1.165, 1.54) is 0 Å². The largest absolute Gasteiger partial charge is 0.397 e. The van der Waals surface area contributed by atoms with Gasteiger partial charge in [-0.25, -0.2) is 4.18 Å². The van der Waals surface area contributed by atoms with Crippen LogP contribution in [0, 0.1) is 0 Å². The first-order valence-corrected chi connectivity index (χ1v) is 13.8. The zero-order valence-electron chi connectivity index (χ0n) is 18.9. The molecule has 0 aliphatic carbocycles.